The van der Waals surface area contributed by atoms with Gasteiger partial charge in [-0.05, 0) is 30.9 Å². The van der Waals surface area contributed by atoms with Crippen molar-refractivity contribution < 1.29 is 4.79 Å². The van der Waals surface area contributed by atoms with Crippen molar-refractivity contribution in [1.82, 2.24) is 4.98 Å². The summed E-state index contributed by atoms with van der Waals surface area (Å²) in [7, 11) is 0. The highest BCUT2D eigenvalue weighted by molar-refractivity contribution is 7.23. The quantitative estimate of drug-likeness (QED) is 0.757. The molecule has 0 aliphatic rings. The maximum atomic E-state index is 11.5. The van der Waals surface area contributed by atoms with E-state index in [1.165, 1.54) is 17.5 Å². The van der Waals surface area contributed by atoms with E-state index in [1.807, 2.05) is 13.0 Å². The zero-order valence-corrected chi connectivity index (χ0v) is 14.0. The van der Waals surface area contributed by atoms with E-state index >= 15 is 0 Å². The van der Waals surface area contributed by atoms with E-state index in [-0.39, 0.29) is 5.92 Å². The highest BCUT2D eigenvalue weighted by atomic mass is 32.1. The predicted octanol–water partition coefficient (Wildman–Crippen LogP) is 3.41. The molecule has 1 amide bonds. The maximum absolute atomic E-state index is 11.5. The summed E-state index contributed by atoms with van der Waals surface area (Å²) in [6.45, 7) is 1.91. The first-order chi connectivity index (χ1) is 11.0. The van der Waals surface area contributed by atoms with Gasteiger partial charge in [0.15, 0.2) is 0 Å². The average Bonchev–Trinajstić information content (AvgIpc) is 3.14. The number of nitriles is 1. The largest absolute Gasteiger partial charge is 0.383 e. The molecule has 0 saturated carbocycles. The summed E-state index contributed by atoms with van der Waals surface area (Å²) in [5.74, 6) is -0.129. The molecule has 3 aromatic heterocycles. The molecule has 0 spiro atoms. The van der Waals surface area contributed by atoms with Crippen LogP contribution in [0.1, 0.15) is 22.2 Å². The number of carbonyl (C=O) groups is 1. The Hall–Kier alpha value is -2.43. The first-order valence-electron chi connectivity index (χ1n) is 6.94. The number of amides is 1. The number of rotatable bonds is 4. The molecular formula is C16H14N4OS2. The van der Waals surface area contributed by atoms with Crippen LogP contribution in [0.3, 0.4) is 0 Å². The van der Waals surface area contributed by atoms with Gasteiger partial charge in [-0.1, -0.05) is 0 Å². The number of primary amides is 1. The van der Waals surface area contributed by atoms with Crippen LogP contribution in [0.4, 0.5) is 5.82 Å². The standard InChI is InChI=1S/C16H14N4OS2/c1-8(5-17)2-10-3-9(7-22-10)13-4-11-14(23-13)12(16(19)21)6-20-15(11)18/h3-4,6-8H,2H2,1H3,(H2,18,20)(H2,19,21). The number of hydrogen-bond donors (Lipinski definition) is 2. The zero-order valence-electron chi connectivity index (χ0n) is 12.4. The number of nitrogen functional groups attached to an aromatic ring is 1. The van der Waals surface area contributed by atoms with Gasteiger partial charge in [-0.15, -0.1) is 22.7 Å². The number of hydrogen-bond acceptors (Lipinski definition) is 6. The van der Waals surface area contributed by atoms with Crippen molar-refractivity contribution in [2.45, 2.75) is 13.3 Å². The number of anilines is 1. The lowest BCUT2D eigenvalue weighted by atomic mass is 10.1. The normalized spacial score (nSPS) is 12.2. The fourth-order valence-electron chi connectivity index (χ4n) is 2.33. The van der Waals surface area contributed by atoms with Crippen LogP contribution >= 0.6 is 22.7 Å². The molecule has 1 atom stereocenters. The van der Waals surface area contributed by atoms with E-state index in [0.29, 0.717) is 11.4 Å². The number of thiophene rings is 2. The van der Waals surface area contributed by atoms with Gasteiger partial charge in [0, 0.05) is 32.8 Å². The van der Waals surface area contributed by atoms with Crippen molar-refractivity contribution in [3.8, 4) is 16.5 Å². The summed E-state index contributed by atoms with van der Waals surface area (Å²) < 4.78 is 0.762. The third-order valence-corrected chi connectivity index (χ3v) is 5.69. The van der Waals surface area contributed by atoms with Gasteiger partial charge in [-0.3, -0.25) is 4.79 Å². The fourth-order valence-corrected chi connectivity index (χ4v) is 4.58. The molecule has 23 heavy (non-hydrogen) atoms. The Morgan fingerprint density at radius 3 is 2.96 bits per heavy atom. The molecule has 1 unspecified atom stereocenters. The molecule has 3 rings (SSSR count). The van der Waals surface area contributed by atoms with Crippen LogP contribution < -0.4 is 11.5 Å². The average molecular weight is 342 g/mol. The number of carbonyl (C=O) groups excluding carboxylic acids is 1. The number of fused-ring (bicyclic) bond motifs is 1. The Bertz CT molecular complexity index is 935. The molecule has 3 heterocycles. The Morgan fingerprint density at radius 2 is 2.26 bits per heavy atom. The van der Waals surface area contributed by atoms with Crippen molar-refractivity contribution >= 4 is 44.5 Å². The van der Waals surface area contributed by atoms with Crippen LogP contribution in [0, 0.1) is 17.2 Å². The van der Waals surface area contributed by atoms with E-state index in [9.17, 15) is 4.79 Å². The first-order valence-corrected chi connectivity index (χ1v) is 8.64. The Morgan fingerprint density at radius 1 is 1.48 bits per heavy atom. The summed E-state index contributed by atoms with van der Waals surface area (Å²) >= 11 is 3.11. The summed E-state index contributed by atoms with van der Waals surface area (Å²) in [5, 5.41) is 11.7. The third-order valence-electron chi connectivity index (χ3n) is 3.52. The van der Waals surface area contributed by atoms with E-state index in [2.05, 4.69) is 22.5 Å². The van der Waals surface area contributed by atoms with E-state index in [0.717, 1.165) is 31.8 Å². The molecule has 0 aliphatic heterocycles. The zero-order chi connectivity index (χ0) is 16.6. The maximum Gasteiger partial charge on any atom is 0.251 e. The van der Waals surface area contributed by atoms with E-state index in [1.54, 1.807) is 11.3 Å². The Kier molecular flexibility index (Phi) is 4.03. The van der Waals surface area contributed by atoms with Gasteiger partial charge in [0.25, 0.3) is 5.91 Å². The minimum absolute atomic E-state index is 0.00906. The van der Waals surface area contributed by atoms with Gasteiger partial charge in [0.2, 0.25) is 0 Å². The van der Waals surface area contributed by atoms with Crippen molar-refractivity contribution in [3.05, 3.63) is 34.2 Å². The van der Waals surface area contributed by atoms with Gasteiger partial charge in [-0.2, -0.15) is 5.26 Å². The molecule has 0 aromatic carbocycles. The Balaban J connectivity index is 2.04. The minimum atomic E-state index is -0.509. The van der Waals surface area contributed by atoms with Crippen molar-refractivity contribution in [1.29, 1.82) is 5.26 Å². The molecule has 7 heteroatoms. The van der Waals surface area contributed by atoms with Crippen molar-refractivity contribution in [2.24, 2.45) is 11.7 Å². The van der Waals surface area contributed by atoms with Crippen LogP contribution in [0.25, 0.3) is 20.5 Å². The second-order valence-corrected chi connectivity index (χ2v) is 7.36. The topological polar surface area (TPSA) is 106 Å². The number of aromatic nitrogens is 1. The van der Waals surface area contributed by atoms with Gasteiger partial charge in [0.05, 0.1) is 16.3 Å². The number of nitrogens with zero attached hydrogens (tertiary/aromatic N) is 2. The fraction of sp³-hybridized carbons (Fsp3) is 0.188. The Labute approximate surface area is 141 Å². The molecule has 0 bridgehead atoms. The molecule has 0 radical (unpaired) electrons. The summed E-state index contributed by atoms with van der Waals surface area (Å²) in [6.07, 6.45) is 2.16. The molecule has 0 aliphatic carbocycles. The minimum Gasteiger partial charge on any atom is -0.383 e. The highest BCUT2D eigenvalue weighted by Gasteiger charge is 2.15. The second-order valence-electron chi connectivity index (χ2n) is 5.31. The van der Waals surface area contributed by atoms with E-state index in [4.69, 9.17) is 16.7 Å². The lowest BCUT2D eigenvalue weighted by Crippen LogP contribution is -2.11. The van der Waals surface area contributed by atoms with Crippen LogP contribution in [-0.2, 0) is 6.42 Å². The van der Waals surface area contributed by atoms with Gasteiger partial charge in [0.1, 0.15) is 5.82 Å². The lowest BCUT2D eigenvalue weighted by molar-refractivity contribution is 0.100. The van der Waals surface area contributed by atoms with Crippen LogP contribution in [0.15, 0.2) is 23.7 Å². The highest BCUT2D eigenvalue weighted by Crippen LogP contribution is 2.39. The summed E-state index contributed by atoms with van der Waals surface area (Å²) in [6, 6.07) is 6.26. The van der Waals surface area contributed by atoms with Crippen LogP contribution in [-0.4, -0.2) is 10.9 Å². The molecular weight excluding hydrogens is 328 g/mol. The number of pyridine rings is 1. The lowest BCUT2D eigenvalue weighted by Gasteiger charge is -1.99. The monoisotopic (exact) mass is 342 g/mol. The van der Waals surface area contributed by atoms with Crippen molar-refractivity contribution in [3.63, 3.8) is 0 Å². The van der Waals surface area contributed by atoms with Crippen molar-refractivity contribution in [2.75, 3.05) is 5.73 Å². The molecule has 3 aromatic rings. The first kappa shape index (κ1) is 15.5. The third kappa shape index (κ3) is 2.91. The van der Waals surface area contributed by atoms with Crippen LogP contribution in [0.2, 0.25) is 0 Å². The molecule has 5 nitrogen and oxygen atoms in total. The van der Waals surface area contributed by atoms with Gasteiger partial charge < -0.3 is 11.5 Å². The SMILES string of the molecule is CC(C#N)Cc1cc(-c2cc3c(N)ncc(C(N)=O)c3s2)cs1. The van der Waals surface area contributed by atoms with Gasteiger partial charge >= 0.3 is 0 Å². The van der Waals surface area contributed by atoms with E-state index < -0.39 is 5.91 Å². The molecule has 4 N–H and O–H groups in total. The van der Waals surface area contributed by atoms with Gasteiger partial charge in [-0.25, -0.2) is 4.98 Å². The summed E-state index contributed by atoms with van der Waals surface area (Å²) in [5.41, 5.74) is 12.8. The molecule has 116 valence electrons. The molecule has 0 saturated heterocycles. The summed E-state index contributed by atoms with van der Waals surface area (Å²) in [4.78, 5) is 17.8. The smallest absolute Gasteiger partial charge is 0.251 e. The number of nitrogens with two attached hydrogens (primary N) is 2. The predicted molar refractivity (Wildman–Crippen MR) is 94.3 cm³/mol. The van der Waals surface area contributed by atoms with Crippen LogP contribution in [0.5, 0.6) is 0 Å². The second kappa shape index (κ2) is 5.99. The molecule has 0 fully saturated rings.